The van der Waals surface area contributed by atoms with Gasteiger partial charge in [0.1, 0.15) is 11.5 Å². The van der Waals surface area contributed by atoms with E-state index in [-0.39, 0.29) is 11.6 Å². The molecule has 6 nitrogen and oxygen atoms in total. The fourth-order valence-corrected chi connectivity index (χ4v) is 3.34. The van der Waals surface area contributed by atoms with Crippen LogP contribution in [0.2, 0.25) is 0 Å². The summed E-state index contributed by atoms with van der Waals surface area (Å²) in [4.78, 5) is 16.5. The summed E-state index contributed by atoms with van der Waals surface area (Å²) in [5, 5.41) is 0. The number of aryl methyl sites for hydroxylation is 1. The standard InChI is InChI=1S/C24H20BrNO5/c1-16-5-2-6-19(13-16)28-11-4-12-29-21-9-8-18(25)14-17(21)15-20-24(27)31-23(26-20)22-7-3-10-30-22/h2-3,5-10,13-15H,4,11-12H2,1H3/b20-15+. The molecule has 0 atom stereocenters. The smallest absolute Gasteiger partial charge is 0.363 e. The Bertz CT molecular complexity index is 1130. The SMILES string of the molecule is Cc1cccc(OCCCOc2ccc(Br)cc2/C=C2/N=C(c3ccco3)OC2=O)c1. The Morgan fingerprint density at radius 3 is 2.74 bits per heavy atom. The number of aliphatic imine (C=N–C) groups is 1. The first kappa shape index (κ1) is 20.9. The van der Waals surface area contributed by atoms with Crippen molar-refractivity contribution in [3.8, 4) is 11.5 Å². The summed E-state index contributed by atoms with van der Waals surface area (Å²) in [7, 11) is 0. The largest absolute Gasteiger partial charge is 0.493 e. The van der Waals surface area contributed by atoms with Crippen molar-refractivity contribution in [2.24, 2.45) is 4.99 Å². The van der Waals surface area contributed by atoms with Crippen LogP contribution in [0.3, 0.4) is 0 Å². The molecule has 0 fully saturated rings. The highest BCUT2D eigenvalue weighted by Crippen LogP contribution is 2.28. The van der Waals surface area contributed by atoms with Crippen molar-refractivity contribution in [3.63, 3.8) is 0 Å². The van der Waals surface area contributed by atoms with E-state index in [1.54, 1.807) is 18.2 Å². The summed E-state index contributed by atoms with van der Waals surface area (Å²) in [6, 6.07) is 16.9. The minimum Gasteiger partial charge on any atom is -0.493 e. The second-order valence-electron chi connectivity index (χ2n) is 6.86. The number of cyclic esters (lactones) is 1. The molecular formula is C24H20BrNO5. The van der Waals surface area contributed by atoms with Crippen molar-refractivity contribution < 1.29 is 23.4 Å². The molecule has 3 aromatic rings. The number of hydrogen-bond acceptors (Lipinski definition) is 6. The monoisotopic (exact) mass is 481 g/mol. The Morgan fingerprint density at radius 2 is 1.94 bits per heavy atom. The van der Waals surface area contributed by atoms with E-state index in [0.717, 1.165) is 15.8 Å². The number of rotatable bonds is 8. The maximum absolute atomic E-state index is 12.2. The summed E-state index contributed by atoms with van der Waals surface area (Å²) in [5.41, 5.74) is 2.05. The molecule has 0 saturated carbocycles. The van der Waals surface area contributed by atoms with Gasteiger partial charge in [-0.25, -0.2) is 9.79 Å². The first-order chi connectivity index (χ1) is 15.1. The number of esters is 1. The maximum atomic E-state index is 12.2. The summed E-state index contributed by atoms with van der Waals surface area (Å²) in [6.07, 6.45) is 3.85. The number of halogens is 1. The van der Waals surface area contributed by atoms with Gasteiger partial charge in [-0.1, -0.05) is 28.1 Å². The number of hydrogen-bond donors (Lipinski definition) is 0. The Labute approximate surface area is 188 Å². The van der Waals surface area contributed by atoms with Gasteiger partial charge in [-0.2, -0.15) is 0 Å². The minimum atomic E-state index is -0.538. The van der Waals surface area contributed by atoms with Gasteiger partial charge in [0.2, 0.25) is 0 Å². The Kier molecular flexibility index (Phi) is 6.52. The Balaban J connectivity index is 1.41. The molecule has 31 heavy (non-hydrogen) atoms. The molecule has 2 heterocycles. The van der Waals surface area contributed by atoms with Gasteiger partial charge >= 0.3 is 5.97 Å². The first-order valence-corrected chi connectivity index (χ1v) is 10.6. The van der Waals surface area contributed by atoms with E-state index < -0.39 is 5.97 Å². The fourth-order valence-electron chi connectivity index (χ4n) is 2.96. The second-order valence-corrected chi connectivity index (χ2v) is 7.78. The molecule has 0 aliphatic carbocycles. The maximum Gasteiger partial charge on any atom is 0.363 e. The van der Waals surface area contributed by atoms with Crippen LogP contribution in [0.25, 0.3) is 6.08 Å². The second kappa shape index (κ2) is 9.66. The van der Waals surface area contributed by atoms with Crippen LogP contribution in [-0.2, 0) is 9.53 Å². The van der Waals surface area contributed by atoms with Gasteiger partial charge < -0.3 is 18.6 Å². The van der Waals surface area contributed by atoms with Crippen LogP contribution < -0.4 is 9.47 Å². The van der Waals surface area contributed by atoms with Crippen molar-refractivity contribution >= 4 is 33.9 Å². The summed E-state index contributed by atoms with van der Waals surface area (Å²) < 4.78 is 23.0. The highest BCUT2D eigenvalue weighted by atomic mass is 79.9. The Hall–Kier alpha value is -3.32. The van der Waals surface area contributed by atoms with Gasteiger partial charge in [-0.05, 0) is 61.0 Å². The topological polar surface area (TPSA) is 70.3 Å². The Morgan fingerprint density at radius 1 is 1.06 bits per heavy atom. The van der Waals surface area contributed by atoms with E-state index in [9.17, 15) is 4.79 Å². The molecule has 158 valence electrons. The van der Waals surface area contributed by atoms with Gasteiger partial charge in [0.15, 0.2) is 11.5 Å². The minimum absolute atomic E-state index is 0.145. The third-order valence-electron chi connectivity index (χ3n) is 4.42. The highest BCUT2D eigenvalue weighted by molar-refractivity contribution is 9.10. The lowest BCUT2D eigenvalue weighted by Gasteiger charge is -2.11. The number of carbonyl (C=O) groups is 1. The van der Waals surface area contributed by atoms with E-state index >= 15 is 0 Å². The van der Waals surface area contributed by atoms with E-state index in [1.807, 2.05) is 49.4 Å². The normalized spacial score (nSPS) is 14.5. The summed E-state index contributed by atoms with van der Waals surface area (Å²) in [5.74, 6) is 1.49. The molecule has 2 aromatic carbocycles. The van der Waals surface area contributed by atoms with Crippen molar-refractivity contribution in [1.82, 2.24) is 0 Å². The molecule has 7 heteroatoms. The molecule has 0 amide bonds. The molecule has 1 aliphatic heterocycles. The summed E-state index contributed by atoms with van der Waals surface area (Å²) in [6.45, 7) is 3.04. The average molecular weight is 482 g/mol. The third-order valence-corrected chi connectivity index (χ3v) is 4.91. The van der Waals surface area contributed by atoms with E-state index in [2.05, 4.69) is 20.9 Å². The van der Waals surface area contributed by atoms with Crippen LogP contribution >= 0.6 is 15.9 Å². The lowest BCUT2D eigenvalue weighted by molar-refractivity contribution is -0.130. The molecule has 1 aromatic heterocycles. The van der Waals surface area contributed by atoms with Gasteiger partial charge in [-0.3, -0.25) is 0 Å². The van der Waals surface area contributed by atoms with Gasteiger partial charge in [0, 0.05) is 16.5 Å². The van der Waals surface area contributed by atoms with Crippen molar-refractivity contribution in [1.29, 1.82) is 0 Å². The van der Waals surface area contributed by atoms with Crippen LogP contribution in [0.15, 0.2) is 80.4 Å². The third kappa shape index (κ3) is 5.44. The predicted octanol–water partition coefficient (Wildman–Crippen LogP) is 5.54. The van der Waals surface area contributed by atoms with Crippen LogP contribution in [0.1, 0.15) is 23.3 Å². The molecule has 0 N–H and O–H groups in total. The zero-order valence-electron chi connectivity index (χ0n) is 16.8. The number of furan rings is 1. The van der Waals surface area contributed by atoms with E-state index in [1.165, 1.54) is 6.26 Å². The van der Waals surface area contributed by atoms with Crippen molar-refractivity contribution in [2.45, 2.75) is 13.3 Å². The van der Waals surface area contributed by atoms with Crippen LogP contribution in [0, 0.1) is 6.92 Å². The summed E-state index contributed by atoms with van der Waals surface area (Å²) >= 11 is 3.46. The molecule has 0 unspecified atom stereocenters. The molecule has 4 rings (SSSR count). The number of ether oxygens (including phenoxy) is 3. The van der Waals surface area contributed by atoms with Gasteiger partial charge in [0.05, 0.1) is 19.5 Å². The molecular weight excluding hydrogens is 462 g/mol. The number of benzene rings is 2. The van der Waals surface area contributed by atoms with E-state index in [4.69, 9.17) is 18.6 Å². The molecule has 0 saturated heterocycles. The quantitative estimate of drug-likeness (QED) is 0.240. The number of carbonyl (C=O) groups excluding carboxylic acids is 1. The lowest BCUT2D eigenvalue weighted by atomic mass is 10.1. The average Bonchev–Trinajstić information content (AvgIpc) is 3.40. The van der Waals surface area contributed by atoms with Gasteiger partial charge in [0.25, 0.3) is 5.90 Å². The molecule has 0 spiro atoms. The zero-order chi connectivity index (χ0) is 21.6. The van der Waals surface area contributed by atoms with Gasteiger partial charge in [-0.15, -0.1) is 0 Å². The van der Waals surface area contributed by atoms with Crippen LogP contribution in [0.4, 0.5) is 0 Å². The predicted molar refractivity (Wildman–Crippen MR) is 120 cm³/mol. The van der Waals surface area contributed by atoms with Crippen molar-refractivity contribution in [2.75, 3.05) is 13.2 Å². The first-order valence-electron chi connectivity index (χ1n) is 9.77. The number of nitrogens with zero attached hydrogens (tertiary/aromatic N) is 1. The molecule has 0 radical (unpaired) electrons. The van der Waals surface area contributed by atoms with Crippen LogP contribution in [0.5, 0.6) is 11.5 Å². The van der Waals surface area contributed by atoms with Crippen LogP contribution in [-0.4, -0.2) is 25.1 Å². The zero-order valence-corrected chi connectivity index (χ0v) is 18.4. The van der Waals surface area contributed by atoms with Crippen molar-refractivity contribution in [3.05, 3.63) is 87.9 Å². The highest BCUT2D eigenvalue weighted by Gasteiger charge is 2.26. The van der Waals surface area contributed by atoms with E-state index in [0.29, 0.717) is 36.7 Å². The molecule has 0 bridgehead atoms. The molecule has 1 aliphatic rings. The fraction of sp³-hybridized carbons (Fsp3) is 0.167. The lowest BCUT2D eigenvalue weighted by Crippen LogP contribution is -2.06.